The van der Waals surface area contributed by atoms with Crippen LogP contribution in [0.25, 0.3) is 0 Å². The molecule has 0 amide bonds. The molecule has 1 saturated carbocycles. The van der Waals surface area contributed by atoms with Gasteiger partial charge in [-0.1, -0.05) is 61.0 Å². The molecular formula is C27H34Cl2N2O. The van der Waals surface area contributed by atoms with Crippen molar-refractivity contribution < 1.29 is 4.74 Å². The molecule has 1 heterocycles. The fraction of sp³-hybridized carbons (Fsp3) is 0.481. The highest BCUT2D eigenvalue weighted by atomic mass is 35.5. The number of halogens is 2. The van der Waals surface area contributed by atoms with Gasteiger partial charge in [-0.3, -0.25) is 0 Å². The maximum Gasteiger partial charge on any atom is 0.0536 e. The molecule has 2 aromatic rings. The quantitative estimate of drug-likeness (QED) is 0.475. The number of methoxy groups -OCH3 is 1. The van der Waals surface area contributed by atoms with Crippen LogP contribution >= 0.6 is 23.2 Å². The summed E-state index contributed by atoms with van der Waals surface area (Å²) in [5.41, 5.74) is 11.4. The van der Waals surface area contributed by atoms with Gasteiger partial charge in [0.15, 0.2) is 0 Å². The summed E-state index contributed by atoms with van der Waals surface area (Å²) >= 11 is 13.2. The number of nitrogens with one attached hydrogen (secondary N) is 1. The van der Waals surface area contributed by atoms with Crippen molar-refractivity contribution in [2.75, 3.05) is 13.7 Å². The second-order valence-corrected chi connectivity index (χ2v) is 10.6. The molecule has 5 unspecified atom stereocenters. The van der Waals surface area contributed by atoms with Crippen LogP contribution in [0.2, 0.25) is 10.0 Å². The minimum atomic E-state index is -0.606. The third kappa shape index (κ3) is 3.88. The van der Waals surface area contributed by atoms with Gasteiger partial charge < -0.3 is 15.8 Å². The van der Waals surface area contributed by atoms with Gasteiger partial charge in [0, 0.05) is 52.8 Å². The number of rotatable bonds is 6. The number of allylic oxidation sites excluding steroid dienone is 1. The summed E-state index contributed by atoms with van der Waals surface area (Å²) in [6.07, 6.45) is 3.90. The van der Waals surface area contributed by atoms with E-state index in [4.69, 9.17) is 33.7 Å². The molecular weight excluding hydrogens is 439 g/mol. The lowest BCUT2D eigenvalue weighted by molar-refractivity contribution is 0.0538. The monoisotopic (exact) mass is 472 g/mol. The van der Waals surface area contributed by atoms with Crippen LogP contribution in [-0.2, 0) is 16.7 Å². The van der Waals surface area contributed by atoms with E-state index in [2.05, 4.69) is 56.1 Å². The van der Waals surface area contributed by atoms with Crippen molar-refractivity contribution in [2.45, 2.75) is 57.0 Å². The van der Waals surface area contributed by atoms with Crippen LogP contribution in [0.1, 0.15) is 55.7 Å². The van der Waals surface area contributed by atoms with E-state index < -0.39 is 5.54 Å². The first-order valence-electron chi connectivity index (χ1n) is 11.5. The van der Waals surface area contributed by atoms with Crippen molar-refractivity contribution in [1.29, 1.82) is 0 Å². The van der Waals surface area contributed by atoms with Crippen LogP contribution in [0.3, 0.4) is 0 Å². The third-order valence-corrected chi connectivity index (χ3v) is 8.50. The number of hydrogen-bond donors (Lipinski definition) is 2. The second kappa shape index (κ2) is 9.02. The Labute approximate surface area is 202 Å². The van der Waals surface area contributed by atoms with E-state index in [0.717, 1.165) is 54.1 Å². The van der Waals surface area contributed by atoms with Gasteiger partial charge >= 0.3 is 0 Å². The number of fused-ring (bicyclic) bond motifs is 1. The molecule has 0 radical (unpaired) electrons. The number of ether oxygens (including phenoxy) is 1. The standard InChI is InChI=1S/C27H34Cl2N2O/c1-17-25-26(3,18(2)31-17)14-13-23(27(25,30)20-8-10-21(28)11-9-20)22-12-7-19(16-24(22)29)6-5-15-32-4/h7-12,16-17,23,25,31H,2,5-6,13-15,30H2,1,3-4H3. The predicted octanol–water partition coefficient (Wildman–Crippen LogP) is 6.43. The van der Waals surface area contributed by atoms with Crippen molar-refractivity contribution >= 4 is 23.2 Å². The SMILES string of the molecule is C=C1NC(C)C2C1(C)CCC(c1ccc(CCCOC)cc1Cl)C2(N)c1ccc(Cl)cc1. The van der Waals surface area contributed by atoms with Gasteiger partial charge in [0.2, 0.25) is 0 Å². The molecule has 3 N–H and O–H groups in total. The molecule has 5 atom stereocenters. The van der Waals surface area contributed by atoms with E-state index >= 15 is 0 Å². The molecule has 2 aromatic carbocycles. The maximum absolute atomic E-state index is 7.54. The summed E-state index contributed by atoms with van der Waals surface area (Å²) in [7, 11) is 1.73. The molecule has 2 fully saturated rings. The summed E-state index contributed by atoms with van der Waals surface area (Å²) in [6, 6.07) is 14.8. The molecule has 1 aliphatic heterocycles. The number of benzene rings is 2. The average molecular weight is 473 g/mol. The molecule has 32 heavy (non-hydrogen) atoms. The average Bonchev–Trinajstić information content (AvgIpc) is 2.99. The zero-order valence-corrected chi connectivity index (χ0v) is 20.8. The van der Waals surface area contributed by atoms with Crippen molar-refractivity contribution in [3.05, 3.63) is 81.5 Å². The Morgan fingerprint density at radius 1 is 1.19 bits per heavy atom. The summed E-state index contributed by atoms with van der Waals surface area (Å²) in [6.45, 7) is 9.66. The highest BCUT2D eigenvalue weighted by Crippen LogP contribution is 2.62. The first-order valence-corrected chi connectivity index (χ1v) is 12.3. The second-order valence-electron chi connectivity index (χ2n) is 9.79. The Bertz CT molecular complexity index is 992. The lowest BCUT2D eigenvalue weighted by Crippen LogP contribution is -2.59. The highest BCUT2D eigenvalue weighted by molar-refractivity contribution is 6.31. The van der Waals surface area contributed by atoms with Crippen LogP contribution in [0.5, 0.6) is 0 Å². The summed E-state index contributed by atoms with van der Waals surface area (Å²) in [5, 5.41) is 5.13. The summed E-state index contributed by atoms with van der Waals surface area (Å²) in [5.74, 6) is 0.275. The maximum atomic E-state index is 7.54. The Morgan fingerprint density at radius 2 is 1.91 bits per heavy atom. The first kappa shape index (κ1) is 23.6. The molecule has 5 heteroatoms. The van der Waals surface area contributed by atoms with E-state index in [1.807, 2.05) is 12.1 Å². The Balaban J connectivity index is 1.79. The number of nitrogens with two attached hydrogens (primary N) is 1. The Kier molecular flexibility index (Phi) is 6.66. The molecule has 2 aliphatic rings. The van der Waals surface area contributed by atoms with Crippen molar-refractivity contribution in [1.82, 2.24) is 5.32 Å². The van der Waals surface area contributed by atoms with Gasteiger partial charge in [-0.25, -0.2) is 0 Å². The van der Waals surface area contributed by atoms with Gasteiger partial charge in [0.05, 0.1) is 5.54 Å². The molecule has 3 nitrogen and oxygen atoms in total. The van der Waals surface area contributed by atoms with Crippen molar-refractivity contribution in [2.24, 2.45) is 17.1 Å². The van der Waals surface area contributed by atoms with E-state index in [1.54, 1.807) is 7.11 Å². The van der Waals surface area contributed by atoms with Crippen molar-refractivity contribution in [3.8, 4) is 0 Å². The van der Waals surface area contributed by atoms with Crippen molar-refractivity contribution in [3.63, 3.8) is 0 Å². The zero-order valence-electron chi connectivity index (χ0n) is 19.3. The predicted molar refractivity (Wildman–Crippen MR) is 134 cm³/mol. The van der Waals surface area contributed by atoms with Gasteiger partial charge in [-0.05, 0) is 67.5 Å². The van der Waals surface area contributed by atoms with Gasteiger partial charge in [-0.2, -0.15) is 0 Å². The van der Waals surface area contributed by atoms with Crippen LogP contribution < -0.4 is 11.1 Å². The summed E-state index contributed by atoms with van der Waals surface area (Å²) < 4.78 is 5.19. The number of aryl methyl sites for hydroxylation is 1. The molecule has 4 rings (SSSR count). The largest absolute Gasteiger partial charge is 0.386 e. The Morgan fingerprint density at radius 3 is 2.56 bits per heavy atom. The van der Waals surface area contributed by atoms with Crippen LogP contribution in [0.4, 0.5) is 0 Å². The molecule has 1 aliphatic carbocycles. The lowest BCUT2D eigenvalue weighted by atomic mass is 9.51. The lowest BCUT2D eigenvalue weighted by Gasteiger charge is -2.54. The molecule has 172 valence electrons. The molecule has 0 aromatic heterocycles. The fourth-order valence-corrected chi connectivity index (χ4v) is 6.83. The minimum absolute atomic E-state index is 0.0725. The van der Waals surface area contributed by atoms with Crippen LogP contribution in [0, 0.1) is 11.3 Å². The Hall–Kier alpha value is -1.52. The first-order chi connectivity index (χ1) is 15.2. The molecule has 0 spiro atoms. The van der Waals surface area contributed by atoms with Crippen LogP contribution in [0.15, 0.2) is 54.7 Å². The third-order valence-electron chi connectivity index (χ3n) is 7.92. The topological polar surface area (TPSA) is 47.3 Å². The van der Waals surface area contributed by atoms with Gasteiger partial charge in [0.1, 0.15) is 0 Å². The zero-order chi connectivity index (χ0) is 23.1. The van der Waals surface area contributed by atoms with E-state index in [-0.39, 0.29) is 23.3 Å². The fourth-order valence-electron chi connectivity index (χ4n) is 6.37. The smallest absolute Gasteiger partial charge is 0.0536 e. The van der Waals surface area contributed by atoms with Gasteiger partial charge in [-0.15, -0.1) is 0 Å². The number of hydrogen-bond acceptors (Lipinski definition) is 3. The van der Waals surface area contributed by atoms with E-state index in [1.165, 1.54) is 5.56 Å². The molecule has 1 saturated heterocycles. The summed E-state index contributed by atoms with van der Waals surface area (Å²) in [4.78, 5) is 0. The minimum Gasteiger partial charge on any atom is -0.386 e. The van der Waals surface area contributed by atoms with E-state index in [9.17, 15) is 0 Å². The van der Waals surface area contributed by atoms with Crippen LogP contribution in [-0.4, -0.2) is 19.8 Å². The van der Waals surface area contributed by atoms with Gasteiger partial charge in [0.25, 0.3) is 0 Å². The normalized spacial score (nSPS) is 31.9. The van der Waals surface area contributed by atoms with E-state index in [0.29, 0.717) is 5.02 Å². The highest BCUT2D eigenvalue weighted by Gasteiger charge is 2.61. The molecule has 0 bridgehead atoms.